The molecule has 4 aliphatic rings. The van der Waals surface area contributed by atoms with Crippen LogP contribution in [0.2, 0.25) is 5.02 Å². The Balaban J connectivity index is 1.60. The van der Waals surface area contributed by atoms with Gasteiger partial charge in [0.1, 0.15) is 0 Å². The molecule has 2 amide bonds. The summed E-state index contributed by atoms with van der Waals surface area (Å²) in [6, 6.07) is 21.7. The first-order chi connectivity index (χ1) is 14.4. The van der Waals surface area contributed by atoms with E-state index in [-0.39, 0.29) is 17.7 Å². The van der Waals surface area contributed by atoms with Crippen molar-refractivity contribution in [2.75, 3.05) is 4.90 Å². The van der Waals surface area contributed by atoms with Crippen molar-refractivity contribution in [1.82, 2.24) is 0 Å². The van der Waals surface area contributed by atoms with Crippen molar-refractivity contribution >= 4 is 45.0 Å². The number of imide groups is 1. The summed E-state index contributed by atoms with van der Waals surface area (Å²) in [4.78, 5) is 28.9. The second-order valence-corrected chi connectivity index (χ2v) is 9.97. The van der Waals surface area contributed by atoms with Crippen molar-refractivity contribution < 1.29 is 9.59 Å². The first-order valence-corrected chi connectivity index (χ1v) is 11.1. The Bertz CT molecular complexity index is 1220. The number of carbonyl (C=O) groups is 2. The van der Waals surface area contributed by atoms with Gasteiger partial charge in [0.05, 0.1) is 21.8 Å². The Labute approximate surface area is 187 Å². The molecule has 148 valence electrons. The number of halogens is 2. The molecule has 0 aromatic heterocycles. The van der Waals surface area contributed by atoms with E-state index in [1.54, 1.807) is 12.1 Å². The summed E-state index contributed by atoms with van der Waals surface area (Å²) in [5.41, 5.74) is 5.87. The van der Waals surface area contributed by atoms with Crippen LogP contribution in [0.5, 0.6) is 0 Å². The third-order valence-corrected chi connectivity index (χ3v) is 8.68. The predicted octanol–water partition coefficient (Wildman–Crippen LogP) is 5.55. The van der Waals surface area contributed by atoms with E-state index in [0.717, 1.165) is 27.8 Å². The van der Waals surface area contributed by atoms with Gasteiger partial charge in [-0.2, -0.15) is 0 Å². The average molecular weight is 479 g/mol. The molecule has 0 N–H and O–H groups in total. The van der Waals surface area contributed by atoms with Crippen LogP contribution in [0, 0.1) is 18.8 Å². The zero-order chi connectivity index (χ0) is 20.8. The molecule has 0 saturated carbocycles. The molecule has 3 aromatic carbocycles. The molecule has 1 heterocycles. The van der Waals surface area contributed by atoms with Crippen LogP contribution in [-0.2, 0) is 13.9 Å². The smallest absolute Gasteiger partial charge is 0.239 e. The number of hydrogen-bond donors (Lipinski definition) is 0. The van der Waals surface area contributed by atoms with Crippen molar-refractivity contribution in [3.63, 3.8) is 0 Å². The number of carbonyl (C=O) groups excluding carboxylic acids is 2. The van der Waals surface area contributed by atoms with E-state index in [1.165, 1.54) is 4.90 Å². The van der Waals surface area contributed by atoms with E-state index in [2.05, 4.69) is 40.2 Å². The van der Waals surface area contributed by atoms with E-state index >= 15 is 0 Å². The Kier molecular flexibility index (Phi) is 3.70. The number of hydrogen-bond acceptors (Lipinski definition) is 2. The lowest BCUT2D eigenvalue weighted by atomic mass is 9.55. The van der Waals surface area contributed by atoms with Gasteiger partial charge < -0.3 is 0 Å². The fourth-order valence-electron chi connectivity index (χ4n) is 5.65. The number of amides is 2. The minimum absolute atomic E-state index is 0.135. The number of aryl methyl sites for hydroxylation is 1. The summed E-state index contributed by atoms with van der Waals surface area (Å²) < 4.78 is -0.727. The molecule has 0 radical (unpaired) electrons. The van der Waals surface area contributed by atoms with Gasteiger partial charge in [0.25, 0.3) is 0 Å². The van der Waals surface area contributed by atoms with E-state index < -0.39 is 16.2 Å². The molecule has 1 aliphatic heterocycles. The first-order valence-electron chi connectivity index (χ1n) is 9.96. The van der Waals surface area contributed by atoms with Gasteiger partial charge in [0.15, 0.2) is 0 Å². The summed E-state index contributed by atoms with van der Waals surface area (Å²) in [5.74, 6) is -1.40. The lowest BCUT2D eigenvalue weighted by molar-refractivity contribution is -0.122. The quantitative estimate of drug-likeness (QED) is 0.340. The summed E-state index contributed by atoms with van der Waals surface area (Å²) in [6.45, 7) is 1.90. The zero-order valence-electron chi connectivity index (χ0n) is 16.1. The molecule has 1 fully saturated rings. The topological polar surface area (TPSA) is 37.4 Å². The van der Waals surface area contributed by atoms with E-state index in [0.29, 0.717) is 10.7 Å². The van der Waals surface area contributed by atoms with Gasteiger partial charge in [-0.1, -0.05) is 82.1 Å². The van der Waals surface area contributed by atoms with Crippen molar-refractivity contribution in [1.29, 1.82) is 0 Å². The summed E-state index contributed by atoms with van der Waals surface area (Å²) in [7, 11) is 0. The maximum absolute atomic E-state index is 13.8. The van der Waals surface area contributed by atoms with Gasteiger partial charge in [-0.15, -0.1) is 0 Å². The summed E-state index contributed by atoms with van der Waals surface area (Å²) >= 11 is 10.3. The summed E-state index contributed by atoms with van der Waals surface area (Å²) in [5, 5.41) is 0.547. The van der Waals surface area contributed by atoms with Crippen LogP contribution in [-0.4, -0.2) is 11.8 Å². The molecule has 1 saturated heterocycles. The van der Waals surface area contributed by atoms with Crippen molar-refractivity contribution in [3.8, 4) is 0 Å². The maximum Gasteiger partial charge on any atom is 0.239 e. The summed E-state index contributed by atoms with van der Waals surface area (Å²) in [6.07, 6.45) is 0. The molecule has 7 rings (SSSR count). The van der Waals surface area contributed by atoms with Crippen LogP contribution in [0.4, 0.5) is 5.69 Å². The number of benzene rings is 3. The minimum atomic E-state index is -0.727. The number of anilines is 1. The van der Waals surface area contributed by atoms with Gasteiger partial charge in [0, 0.05) is 10.9 Å². The molecule has 2 atom stereocenters. The third-order valence-electron chi connectivity index (χ3n) is 6.93. The van der Waals surface area contributed by atoms with Gasteiger partial charge in [-0.25, -0.2) is 4.90 Å². The van der Waals surface area contributed by atoms with Crippen molar-refractivity contribution in [3.05, 3.63) is 99.6 Å². The molecule has 3 nitrogen and oxygen atoms in total. The fraction of sp³-hybridized carbons (Fsp3) is 0.200. The lowest BCUT2D eigenvalue weighted by Gasteiger charge is -2.51. The highest BCUT2D eigenvalue weighted by Crippen LogP contribution is 2.66. The lowest BCUT2D eigenvalue weighted by Crippen LogP contribution is -2.50. The molecule has 0 unspecified atom stereocenters. The monoisotopic (exact) mass is 477 g/mol. The van der Waals surface area contributed by atoms with Gasteiger partial charge in [-0.3, -0.25) is 9.59 Å². The minimum Gasteiger partial charge on any atom is -0.274 e. The van der Waals surface area contributed by atoms with Crippen LogP contribution >= 0.6 is 27.5 Å². The SMILES string of the molecule is Cc1ccc(N2C(=O)[C@H]3C4c5ccccc5C(Br)(c5ccccc54)[C@H]3C2=O)cc1Cl. The molecule has 30 heavy (non-hydrogen) atoms. The van der Waals surface area contributed by atoms with E-state index in [9.17, 15) is 9.59 Å². The molecular weight excluding hydrogens is 462 g/mol. The maximum atomic E-state index is 13.8. The molecule has 5 heteroatoms. The predicted molar refractivity (Wildman–Crippen MR) is 120 cm³/mol. The zero-order valence-corrected chi connectivity index (χ0v) is 18.4. The third kappa shape index (κ3) is 2.06. The molecule has 2 bridgehead atoms. The molecule has 3 aliphatic carbocycles. The van der Waals surface area contributed by atoms with Crippen LogP contribution in [0.3, 0.4) is 0 Å². The Morgan fingerprint density at radius 1 is 0.900 bits per heavy atom. The van der Waals surface area contributed by atoms with Gasteiger partial charge in [0.2, 0.25) is 11.8 Å². The Morgan fingerprint density at radius 3 is 2.10 bits per heavy atom. The standard InChI is InChI=1S/C25H17BrClNO2/c1-13-10-11-14(12-19(13)27)28-23(29)21-20-15-6-2-4-8-17(15)25(26,22(21)24(28)30)18-9-5-3-7-16(18)20/h2-12,20-22H,1H3/t20?,21-,22+,25?/m0/s1. The molecule has 3 aromatic rings. The molecular formula is C25H17BrClNO2. The van der Waals surface area contributed by atoms with Crippen molar-refractivity contribution in [2.24, 2.45) is 11.8 Å². The highest BCUT2D eigenvalue weighted by atomic mass is 79.9. The largest absolute Gasteiger partial charge is 0.274 e. The van der Waals surface area contributed by atoms with Crippen LogP contribution in [0.15, 0.2) is 66.7 Å². The van der Waals surface area contributed by atoms with Crippen molar-refractivity contribution in [2.45, 2.75) is 17.2 Å². The normalized spacial score (nSPS) is 28.4. The second-order valence-electron chi connectivity index (χ2n) is 8.31. The Hall–Kier alpha value is -2.43. The highest BCUT2D eigenvalue weighted by Gasteiger charge is 2.67. The molecule has 0 spiro atoms. The number of nitrogens with zero attached hydrogens (tertiary/aromatic N) is 1. The van der Waals surface area contributed by atoms with Crippen LogP contribution in [0.25, 0.3) is 0 Å². The first kappa shape index (κ1) is 18.3. The van der Waals surface area contributed by atoms with E-state index in [4.69, 9.17) is 11.6 Å². The van der Waals surface area contributed by atoms with Crippen LogP contribution < -0.4 is 4.90 Å². The average Bonchev–Trinajstić information content (AvgIpc) is 3.02. The van der Waals surface area contributed by atoms with Gasteiger partial charge >= 0.3 is 0 Å². The second kappa shape index (κ2) is 6.05. The highest BCUT2D eigenvalue weighted by molar-refractivity contribution is 9.09. The number of alkyl halides is 1. The number of rotatable bonds is 1. The van der Waals surface area contributed by atoms with Gasteiger partial charge in [-0.05, 0) is 46.9 Å². The fourth-order valence-corrected chi connectivity index (χ4v) is 7.03. The Morgan fingerprint density at radius 2 is 1.50 bits per heavy atom. The van der Waals surface area contributed by atoms with Crippen LogP contribution in [0.1, 0.15) is 33.7 Å². The van der Waals surface area contributed by atoms with E-state index in [1.807, 2.05) is 37.3 Å².